The summed E-state index contributed by atoms with van der Waals surface area (Å²) in [5, 5.41) is 3.77. The van der Waals surface area contributed by atoms with Gasteiger partial charge in [-0.2, -0.15) is 0 Å². The molecule has 0 aliphatic rings. The van der Waals surface area contributed by atoms with E-state index in [4.69, 9.17) is 9.47 Å². The summed E-state index contributed by atoms with van der Waals surface area (Å²) in [5.41, 5.74) is 2.01. The first-order valence-electron chi connectivity index (χ1n) is 7.09. The zero-order valence-electron chi connectivity index (χ0n) is 12.9. The molecule has 1 aromatic heterocycles. The number of hydrogen-bond acceptors (Lipinski definition) is 4. The minimum atomic E-state index is -0.192. The number of fused-ring (bicyclic) bond motifs is 1. The minimum Gasteiger partial charge on any atom is -0.497 e. The molecule has 0 saturated heterocycles. The Morgan fingerprint density at radius 1 is 0.957 bits per heavy atom. The third kappa shape index (κ3) is 3.23. The number of methoxy groups -OCH3 is 2. The van der Waals surface area contributed by atoms with Crippen molar-refractivity contribution < 1.29 is 14.3 Å². The summed E-state index contributed by atoms with van der Waals surface area (Å²) in [6, 6.07) is 14.4. The Morgan fingerprint density at radius 3 is 2.35 bits per heavy atom. The molecular weight excluding hydrogens is 292 g/mol. The molecule has 0 aliphatic heterocycles. The van der Waals surface area contributed by atoms with Gasteiger partial charge in [0, 0.05) is 17.0 Å². The van der Waals surface area contributed by atoms with Crippen molar-refractivity contribution in [3.05, 3.63) is 60.3 Å². The van der Waals surface area contributed by atoms with Gasteiger partial charge in [0.25, 0.3) is 5.91 Å². The van der Waals surface area contributed by atoms with Crippen LogP contribution in [-0.4, -0.2) is 25.1 Å². The Hall–Kier alpha value is -3.08. The third-order valence-corrected chi connectivity index (χ3v) is 3.50. The summed E-state index contributed by atoms with van der Waals surface area (Å²) in [6.07, 6.45) is 1.63. The van der Waals surface area contributed by atoms with Crippen molar-refractivity contribution >= 4 is 22.5 Å². The Labute approximate surface area is 133 Å². The number of carbonyl (C=O) groups excluding carboxylic acids is 1. The van der Waals surface area contributed by atoms with Crippen LogP contribution in [0.1, 0.15) is 10.4 Å². The average molecular weight is 308 g/mol. The average Bonchev–Trinajstić information content (AvgIpc) is 2.61. The van der Waals surface area contributed by atoms with Crippen LogP contribution in [0.4, 0.5) is 5.69 Å². The number of carbonyl (C=O) groups is 1. The molecule has 5 heteroatoms. The van der Waals surface area contributed by atoms with E-state index in [2.05, 4.69) is 10.3 Å². The highest BCUT2D eigenvalue weighted by Crippen LogP contribution is 2.22. The highest BCUT2D eigenvalue weighted by atomic mass is 16.5. The van der Waals surface area contributed by atoms with Crippen molar-refractivity contribution in [2.24, 2.45) is 0 Å². The fraction of sp³-hybridized carbons (Fsp3) is 0.111. The second-order valence-electron chi connectivity index (χ2n) is 4.97. The Balaban J connectivity index is 1.81. The molecule has 0 radical (unpaired) electrons. The van der Waals surface area contributed by atoms with Gasteiger partial charge >= 0.3 is 0 Å². The number of nitrogens with zero attached hydrogens (tertiary/aromatic N) is 1. The van der Waals surface area contributed by atoms with Gasteiger partial charge in [0.15, 0.2) is 0 Å². The molecule has 0 aliphatic carbocycles. The van der Waals surface area contributed by atoms with E-state index in [9.17, 15) is 4.79 Å². The number of amides is 1. The number of benzene rings is 2. The molecule has 23 heavy (non-hydrogen) atoms. The number of pyridine rings is 1. The molecule has 5 nitrogen and oxygen atoms in total. The molecule has 116 valence electrons. The number of hydrogen-bond donors (Lipinski definition) is 1. The second-order valence-corrected chi connectivity index (χ2v) is 4.97. The van der Waals surface area contributed by atoms with E-state index < -0.39 is 0 Å². The quantitative estimate of drug-likeness (QED) is 0.801. The minimum absolute atomic E-state index is 0.192. The zero-order valence-corrected chi connectivity index (χ0v) is 12.9. The normalized spacial score (nSPS) is 10.3. The number of rotatable bonds is 4. The van der Waals surface area contributed by atoms with E-state index in [1.165, 1.54) is 0 Å². The van der Waals surface area contributed by atoms with Crippen LogP contribution in [0, 0.1) is 0 Å². The highest BCUT2D eigenvalue weighted by molar-refractivity contribution is 6.05. The van der Waals surface area contributed by atoms with Crippen molar-refractivity contribution in [1.29, 1.82) is 0 Å². The van der Waals surface area contributed by atoms with Crippen molar-refractivity contribution in [2.75, 3.05) is 19.5 Å². The fourth-order valence-corrected chi connectivity index (χ4v) is 2.24. The van der Waals surface area contributed by atoms with Crippen LogP contribution < -0.4 is 14.8 Å². The van der Waals surface area contributed by atoms with Crippen LogP contribution in [0.3, 0.4) is 0 Å². The van der Waals surface area contributed by atoms with Crippen molar-refractivity contribution in [2.45, 2.75) is 0 Å². The van der Waals surface area contributed by atoms with Crippen LogP contribution in [0.2, 0.25) is 0 Å². The first kappa shape index (κ1) is 14.8. The van der Waals surface area contributed by atoms with Gasteiger partial charge in [0.05, 0.1) is 31.6 Å². The fourth-order valence-electron chi connectivity index (χ4n) is 2.24. The SMILES string of the molecule is COc1ccc(C(=O)Nc2cnc3cc(OC)ccc3c2)cc1. The lowest BCUT2D eigenvalue weighted by Gasteiger charge is -2.07. The van der Waals surface area contributed by atoms with Gasteiger partial charge in [-0.15, -0.1) is 0 Å². The summed E-state index contributed by atoms with van der Waals surface area (Å²) in [7, 11) is 3.20. The number of nitrogens with one attached hydrogen (secondary N) is 1. The van der Waals surface area contributed by atoms with Crippen LogP contribution >= 0.6 is 0 Å². The summed E-state index contributed by atoms with van der Waals surface area (Å²) in [4.78, 5) is 16.6. The molecule has 2 aromatic carbocycles. The van der Waals surface area contributed by atoms with Gasteiger partial charge in [-0.3, -0.25) is 9.78 Å². The molecule has 0 saturated carbocycles. The van der Waals surface area contributed by atoms with Crippen LogP contribution in [-0.2, 0) is 0 Å². The summed E-state index contributed by atoms with van der Waals surface area (Å²) >= 11 is 0. The molecule has 1 N–H and O–H groups in total. The van der Waals surface area contributed by atoms with Gasteiger partial charge in [0.2, 0.25) is 0 Å². The lowest BCUT2D eigenvalue weighted by molar-refractivity contribution is 0.102. The van der Waals surface area contributed by atoms with Crippen LogP contribution in [0.25, 0.3) is 10.9 Å². The van der Waals surface area contributed by atoms with Gasteiger partial charge in [0.1, 0.15) is 11.5 Å². The molecular formula is C18H16N2O3. The van der Waals surface area contributed by atoms with E-state index >= 15 is 0 Å². The summed E-state index contributed by atoms with van der Waals surface area (Å²) in [6.45, 7) is 0. The maximum absolute atomic E-state index is 12.3. The molecule has 0 atom stereocenters. The monoisotopic (exact) mass is 308 g/mol. The van der Waals surface area contributed by atoms with E-state index in [0.29, 0.717) is 17.0 Å². The lowest BCUT2D eigenvalue weighted by Crippen LogP contribution is -2.11. The van der Waals surface area contributed by atoms with Gasteiger partial charge in [-0.05, 0) is 42.5 Å². The first-order valence-corrected chi connectivity index (χ1v) is 7.09. The van der Waals surface area contributed by atoms with Crippen molar-refractivity contribution in [1.82, 2.24) is 4.98 Å². The first-order chi connectivity index (χ1) is 11.2. The molecule has 1 heterocycles. The third-order valence-electron chi connectivity index (χ3n) is 3.50. The van der Waals surface area contributed by atoms with E-state index in [1.54, 1.807) is 44.7 Å². The molecule has 0 fully saturated rings. The molecule has 1 amide bonds. The Bertz CT molecular complexity index is 845. The molecule has 3 aromatic rings. The van der Waals surface area contributed by atoms with E-state index in [1.807, 2.05) is 24.3 Å². The van der Waals surface area contributed by atoms with Crippen molar-refractivity contribution in [3.63, 3.8) is 0 Å². The van der Waals surface area contributed by atoms with E-state index in [-0.39, 0.29) is 5.91 Å². The van der Waals surface area contributed by atoms with Gasteiger partial charge in [-0.1, -0.05) is 0 Å². The topological polar surface area (TPSA) is 60.5 Å². The van der Waals surface area contributed by atoms with Gasteiger partial charge < -0.3 is 14.8 Å². The molecule has 0 bridgehead atoms. The lowest BCUT2D eigenvalue weighted by atomic mass is 10.2. The predicted molar refractivity (Wildman–Crippen MR) is 89.2 cm³/mol. The second kappa shape index (κ2) is 6.36. The standard InChI is InChI=1S/C18H16N2O3/c1-22-15-6-3-12(4-7-15)18(21)20-14-9-13-5-8-16(23-2)10-17(13)19-11-14/h3-11H,1-2H3,(H,20,21). The van der Waals surface area contributed by atoms with Crippen molar-refractivity contribution in [3.8, 4) is 11.5 Å². The maximum Gasteiger partial charge on any atom is 0.255 e. The van der Waals surface area contributed by atoms with E-state index in [0.717, 1.165) is 16.7 Å². The summed E-state index contributed by atoms with van der Waals surface area (Å²) in [5.74, 6) is 1.27. The number of aromatic nitrogens is 1. The maximum atomic E-state index is 12.3. The zero-order chi connectivity index (χ0) is 16.2. The highest BCUT2D eigenvalue weighted by Gasteiger charge is 2.07. The summed E-state index contributed by atoms with van der Waals surface area (Å²) < 4.78 is 10.3. The Morgan fingerprint density at radius 2 is 1.65 bits per heavy atom. The largest absolute Gasteiger partial charge is 0.497 e. The van der Waals surface area contributed by atoms with Gasteiger partial charge in [-0.25, -0.2) is 0 Å². The number of anilines is 1. The van der Waals surface area contributed by atoms with Crippen LogP contribution in [0.5, 0.6) is 11.5 Å². The Kier molecular flexibility index (Phi) is 4.10. The molecule has 0 unspecified atom stereocenters. The number of ether oxygens (including phenoxy) is 2. The molecule has 0 spiro atoms. The molecule has 3 rings (SSSR count). The predicted octanol–water partition coefficient (Wildman–Crippen LogP) is 3.50. The smallest absolute Gasteiger partial charge is 0.255 e. The van der Waals surface area contributed by atoms with Crippen LogP contribution in [0.15, 0.2) is 54.7 Å².